The lowest BCUT2D eigenvalue weighted by atomic mass is 10.2. The fraction of sp³-hybridized carbons (Fsp3) is 0.0714. The molecule has 0 aliphatic heterocycles. The van der Waals surface area contributed by atoms with Crippen LogP contribution in [0.1, 0.15) is 5.01 Å². The van der Waals surface area contributed by atoms with Crippen molar-refractivity contribution in [3.05, 3.63) is 47.0 Å². The zero-order chi connectivity index (χ0) is 14.3. The highest BCUT2D eigenvalue weighted by atomic mass is 32.1. The van der Waals surface area contributed by atoms with Crippen LogP contribution in [0.4, 0.5) is 14.5 Å². The topological polar surface area (TPSA) is 48.1 Å². The van der Waals surface area contributed by atoms with Gasteiger partial charge in [0.25, 0.3) is 0 Å². The average molecular weight is 292 g/mol. The van der Waals surface area contributed by atoms with Gasteiger partial charge in [-0.25, -0.2) is 13.8 Å². The van der Waals surface area contributed by atoms with Crippen LogP contribution < -0.4 is 10.5 Å². The Morgan fingerprint density at radius 3 is 2.50 bits per heavy atom. The van der Waals surface area contributed by atoms with Gasteiger partial charge in [-0.3, -0.25) is 0 Å². The van der Waals surface area contributed by atoms with Crippen molar-refractivity contribution in [2.24, 2.45) is 0 Å². The molecule has 0 aliphatic carbocycles. The van der Waals surface area contributed by atoms with E-state index in [1.807, 2.05) is 6.92 Å². The number of halogens is 2. The van der Waals surface area contributed by atoms with Crippen molar-refractivity contribution in [1.82, 2.24) is 4.98 Å². The van der Waals surface area contributed by atoms with Crippen molar-refractivity contribution in [1.29, 1.82) is 0 Å². The fourth-order valence-corrected chi connectivity index (χ4v) is 2.75. The number of fused-ring (bicyclic) bond motifs is 1. The second-order valence-corrected chi connectivity index (χ2v) is 5.53. The summed E-state index contributed by atoms with van der Waals surface area (Å²) < 4.78 is 32.6. The second-order valence-electron chi connectivity index (χ2n) is 4.30. The third-order valence-corrected chi connectivity index (χ3v) is 3.62. The number of aryl methyl sites for hydroxylation is 1. The van der Waals surface area contributed by atoms with Gasteiger partial charge < -0.3 is 10.5 Å². The Balaban J connectivity index is 2.03. The Hall–Kier alpha value is -2.21. The smallest absolute Gasteiger partial charge is 0.152 e. The van der Waals surface area contributed by atoms with Crippen molar-refractivity contribution in [2.45, 2.75) is 6.92 Å². The van der Waals surface area contributed by atoms with E-state index in [1.54, 1.807) is 12.1 Å². The van der Waals surface area contributed by atoms with Crippen LogP contribution in [-0.2, 0) is 0 Å². The first kappa shape index (κ1) is 12.8. The minimum atomic E-state index is -0.704. The lowest BCUT2D eigenvalue weighted by molar-refractivity contribution is 0.471. The fourth-order valence-electron chi connectivity index (χ4n) is 1.89. The zero-order valence-electron chi connectivity index (χ0n) is 10.5. The van der Waals surface area contributed by atoms with Crippen molar-refractivity contribution >= 4 is 27.2 Å². The number of anilines is 1. The van der Waals surface area contributed by atoms with Crippen LogP contribution in [0, 0.1) is 18.6 Å². The highest BCUT2D eigenvalue weighted by molar-refractivity contribution is 7.18. The summed E-state index contributed by atoms with van der Waals surface area (Å²) in [5.74, 6) is -1.03. The normalized spacial score (nSPS) is 10.9. The Morgan fingerprint density at radius 1 is 1.10 bits per heavy atom. The first-order valence-corrected chi connectivity index (χ1v) is 6.63. The molecule has 3 nitrogen and oxygen atoms in total. The third-order valence-electron chi connectivity index (χ3n) is 2.69. The number of ether oxygens (including phenoxy) is 1. The average Bonchev–Trinajstić information content (AvgIpc) is 2.67. The molecule has 0 amide bonds. The molecule has 0 spiro atoms. The first-order chi connectivity index (χ1) is 9.51. The van der Waals surface area contributed by atoms with E-state index < -0.39 is 11.6 Å². The molecule has 6 heteroatoms. The van der Waals surface area contributed by atoms with Gasteiger partial charge in [-0.1, -0.05) is 0 Å². The van der Waals surface area contributed by atoms with Gasteiger partial charge in [0.1, 0.15) is 17.4 Å². The van der Waals surface area contributed by atoms with Gasteiger partial charge >= 0.3 is 0 Å². The largest absolute Gasteiger partial charge is 0.455 e. The zero-order valence-corrected chi connectivity index (χ0v) is 11.3. The van der Waals surface area contributed by atoms with Gasteiger partial charge in [-0.2, -0.15) is 0 Å². The number of nitrogens with zero attached hydrogens (tertiary/aromatic N) is 1. The Kier molecular flexibility index (Phi) is 3.02. The van der Waals surface area contributed by atoms with Crippen LogP contribution in [-0.4, -0.2) is 4.98 Å². The highest BCUT2D eigenvalue weighted by Crippen LogP contribution is 2.34. The van der Waals surface area contributed by atoms with E-state index in [-0.39, 0.29) is 5.75 Å². The van der Waals surface area contributed by atoms with Crippen molar-refractivity contribution in [2.75, 3.05) is 5.73 Å². The van der Waals surface area contributed by atoms with E-state index in [2.05, 4.69) is 4.98 Å². The summed E-state index contributed by atoms with van der Waals surface area (Å²) >= 11 is 1.52. The van der Waals surface area contributed by atoms with E-state index in [0.717, 1.165) is 33.4 Å². The molecule has 102 valence electrons. The lowest BCUT2D eigenvalue weighted by Crippen LogP contribution is -1.93. The molecule has 0 saturated carbocycles. The molecular weight excluding hydrogens is 282 g/mol. The van der Waals surface area contributed by atoms with Gasteiger partial charge in [-0.15, -0.1) is 11.3 Å². The predicted octanol–water partition coefficient (Wildman–Crippen LogP) is 4.26. The molecule has 0 fully saturated rings. The monoisotopic (exact) mass is 292 g/mol. The van der Waals surface area contributed by atoms with E-state index in [9.17, 15) is 8.78 Å². The van der Waals surface area contributed by atoms with Crippen LogP contribution in [0.25, 0.3) is 10.2 Å². The van der Waals surface area contributed by atoms with Crippen LogP contribution in [0.2, 0.25) is 0 Å². The summed E-state index contributed by atoms with van der Waals surface area (Å²) in [6.45, 7) is 1.89. The molecule has 3 aromatic rings. The molecular formula is C14H10F2N2OS. The maximum absolute atomic E-state index is 13.1. The summed E-state index contributed by atoms with van der Waals surface area (Å²) in [4.78, 5) is 4.33. The summed E-state index contributed by atoms with van der Waals surface area (Å²) in [5.41, 5.74) is 7.02. The Morgan fingerprint density at radius 2 is 1.80 bits per heavy atom. The van der Waals surface area contributed by atoms with E-state index in [1.165, 1.54) is 11.3 Å². The van der Waals surface area contributed by atoms with E-state index in [4.69, 9.17) is 10.5 Å². The molecule has 0 bridgehead atoms. The van der Waals surface area contributed by atoms with E-state index in [0.29, 0.717) is 11.4 Å². The minimum Gasteiger partial charge on any atom is -0.455 e. The van der Waals surface area contributed by atoms with Crippen LogP contribution in [0.5, 0.6) is 11.5 Å². The van der Waals surface area contributed by atoms with Crippen molar-refractivity contribution in [3.8, 4) is 11.5 Å². The molecule has 2 N–H and O–H groups in total. The Labute approximate surface area is 117 Å². The number of aromatic nitrogens is 1. The van der Waals surface area contributed by atoms with Crippen molar-refractivity contribution in [3.63, 3.8) is 0 Å². The summed E-state index contributed by atoms with van der Waals surface area (Å²) in [6.07, 6.45) is 0. The van der Waals surface area contributed by atoms with Crippen molar-refractivity contribution < 1.29 is 13.5 Å². The maximum Gasteiger partial charge on any atom is 0.152 e. The molecule has 0 saturated heterocycles. The number of thiazole rings is 1. The number of benzene rings is 2. The van der Waals surface area contributed by atoms with Crippen LogP contribution >= 0.6 is 11.3 Å². The minimum absolute atomic E-state index is 0.0560. The van der Waals surface area contributed by atoms with Crippen LogP contribution in [0.15, 0.2) is 30.3 Å². The lowest BCUT2D eigenvalue weighted by Gasteiger charge is -2.08. The van der Waals surface area contributed by atoms with Gasteiger partial charge in [-0.05, 0) is 13.0 Å². The molecule has 20 heavy (non-hydrogen) atoms. The first-order valence-electron chi connectivity index (χ1n) is 5.82. The second kappa shape index (κ2) is 4.72. The number of nitrogens with two attached hydrogens (primary N) is 1. The summed E-state index contributed by atoms with van der Waals surface area (Å²) in [6, 6.07) is 6.38. The molecule has 2 aromatic carbocycles. The molecule has 1 aromatic heterocycles. The molecule has 1 heterocycles. The van der Waals surface area contributed by atoms with Gasteiger partial charge in [0, 0.05) is 24.3 Å². The highest BCUT2D eigenvalue weighted by Gasteiger charge is 2.09. The molecule has 0 unspecified atom stereocenters. The number of hydrogen-bond acceptors (Lipinski definition) is 4. The summed E-state index contributed by atoms with van der Waals surface area (Å²) in [5, 5.41) is 0.911. The van der Waals surface area contributed by atoms with Gasteiger partial charge in [0.15, 0.2) is 5.75 Å². The maximum atomic E-state index is 13.1. The molecule has 0 aliphatic rings. The van der Waals surface area contributed by atoms with Crippen LogP contribution in [0.3, 0.4) is 0 Å². The molecule has 3 rings (SSSR count). The Bertz CT molecular complexity index is 781. The molecule has 0 radical (unpaired) electrons. The number of rotatable bonds is 2. The quantitative estimate of drug-likeness (QED) is 0.718. The SMILES string of the molecule is Cc1nc2cc(Oc3cc(F)cc(F)c3)c(N)cc2s1. The van der Waals surface area contributed by atoms with Gasteiger partial charge in [0.2, 0.25) is 0 Å². The molecule has 0 atom stereocenters. The number of nitrogen functional groups attached to an aromatic ring is 1. The third kappa shape index (κ3) is 2.42. The summed E-state index contributed by atoms with van der Waals surface area (Å²) in [7, 11) is 0. The van der Waals surface area contributed by atoms with Gasteiger partial charge in [0.05, 0.1) is 20.9 Å². The predicted molar refractivity (Wildman–Crippen MR) is 75.2 cm³/mol. The van der Waals surface area contributed by atoms with E-state index >= 15 is 0 Å². The standard InChI is InChI=1S/C14H10F2N2OS/c1-7-18-12-6-13(11(17)5-14(12)20-7)19-10-3-8(15)2-9(16)4-10/h2-6H,17H2,1H3. The number of hydrogen-bond donors (Lipinski definition) is 1.